The third-order valence-corrected chi connectivity index (χ3v) is 7.31. The van der Waals surface area contributed by atoms with Crippen molar-refractivity contribution in [3.8, 4) is 5.88 Å². The number of imidazole rings is 1. The van der Waals surface area contributed by atoms with E-state index >= 15 is 0 Å². The first kappa shape index (κ1) is 22.7. The number of aromatic amines is 1. The van der Waals surface area contributed by atoms with E-state index in [1.54, 1.807) is 17.5 Å². The summed E-state index contributed by atoms with van der Waals surface area (Å²) in [6, 6.07) is 7.33. The highest BCUT2D eigenvalue weighted by Crippen LogP contribution is 2.34. The van der Waals surface area contributed by atoms with Crippen molar-refractivity contribution in [2.24, 2.45) is 0 Å². The normalized spacial score (nSPS) is 16.7. The van der Waals surface area contributed by atoms with E-state index in [0.29, 0.717) is 59.4 Å². The zero-order valence-electron chi connectivity index (χ0n) is 18.6. The van der Waals surface area contributed by atoms with Crippen LogP contribution < -0.4 is 10.2 Å². The Morgan fingerprint density at radius 2 is 1.97 bits per heavy atom. The number of piperazine rings is 1. The van der Waals surface area contributed by atoms with Gasteiger partial charge in [0.05, 0.1) is 34.7 Å². The molecule has 11 nitrogen and oxygen atoms in total. The summed E-state index contributed by atoms with van der Waals surface area (Å²) < 4.78 is 25.1. The second-order valence-corrected chi connectivity index (χ2v) is 10.5. The Morgan fingerprint density at radius 1 is 1.18 bits per heavy atom. The first-order valence-corrected chi connectivity index (χ1v) is 12.9. The van der Waals surface area contributed by atoms with Crippen molar-refractivity contribution in [3.05, 3.63) is 47.6 Å². The maximum atomic E-state index is 11.8. The van der Waals surface area contributed by atoms with E-state index in [-0.39, 0.29) is 6.04 Å². The number of nitrogens with one attached hydrogen (secondary N) is 2. The molecule has 0 radical (unpaired) electrons. The SMILES string of the molecule is CC(Nc1ncnc2[nH]cnc12)c1cc2cccc(Cl)c2c(ON2CCN(S(C)(=O)=O)CC2)n1. The summed E-state index contributed by atoms with van der Waals surface area (Å²) in [4.78, 5) is 26.7. The topological polar surface area (TPSA) is 129 Å². The molecule has 0 saturated carbocycles. The molecule has 1 fully saturated rings. The van der Waals surface area contributed by atoms with Crippen molar-refractivity contribution >= 4 is 49.4 Å². The Morgan fingerprint density at radius 3 is 2.74 bits per heavy atom. The number of H-pyrrole nitrogens is 1. The number of hydrogen-bond acceptors (Lipinski definition) is 9. The van der Waals surface area contributed by atoms with E-state index in [0.717, 1.165) is 11.1 Å². The highest BCUT2D eigenvalue weighted by atomic mass is 35.5. The highest BCUT2D eigenvalue weighted by molar-refractivity contribution is 7.88. The van der Waals surface area contributed by atoms with Gasteiger partial charge in [-0.3, -0.25) is 0 Å². The van der Waals surface area contributed by atoms with Crippen LogP contribution in [0.4, 0.5) is 5.82 Å². The van der Waals surface area contributed by atoms with Crippen molar-refractivity contribution < 1.29 is 13.3 Å². The maximum absolute atomic E-state index is 11.8. The number of benzene rings is 1. The number of aromatic nitrogens is 5. The molecule has 1 saturated heterocycles. The van der Waals surface area contributed by atoms with Crippen LogP contribution in [0.15, 0.2) is 36.9 Å². The Labute approximate surface area is 201 Å². The Hall–Kier alpha value is -3.06. The number of sulfonamides is 1. The highest BCUT2D eigenvalue weighted by Gasteiger charge is 2.26. The summed E-state index contributed by atoms with van der Waals surface area (Å²) in [5, 5.41) is 7.16. The van der Waals surface area contributed by atoms with Gasteiger partial charge in [-0.1, -0.05) is 23.7 Å². The van der Waals surface area contributed by atoms with Gasteiger partial charge in [0.1, 0.15) is 11.8 Å². The van der Waals surface area contributed by atoms with Gasteiger partial charge in [-0.15, -0.1) is 5.06 Å². The van der Waals surface area contributed by atoms with Crippen LogP contribution in [0.2, 0.25) is 5.02 Å². The van der Waals surface area contributed by atoms with E-state index in [2.05, 4.69) is 25.3 Å². The van der Waals surface area contributed by atoms with Crippen molar-refractivity contribution in [2.45, 2.75) is 13.0 Å². The molecular formula is C21H23ClN8O3S. The zero-order valence-corrected chi connectivity index (χ0v) is 20.1. The molecule has 3 aromatic heterocycles. The molecule has 1 aromatic carbocycles. The van der Waals surface area contributed by atoms with Gasteiger partial charge in [-0.25, -0.2) is 28.4 Å². The van der Waals surface area contributed by atoms with Gasteiger partial charge >= 0.3 is 0 Å². The molecule has 1 unspecified atom stereocenters. The van der Waals surface area contributed by atoms with Crippen LogP contribution >= 0.6 is 11.6 Å². The summed E-state index contributed by atoms with van der Waals surface area (Å²) in [5.74, 6) is 0.957. The van der Waals surface area contributed by atoms with Crippen molar-refractivity contribution in [1.82, 2.24) is 34.3 Å². The monoisotopic (exact) mass is 502 g/mol. The number of nitrogens with zero attached hydrogens (tertiary/aromatic N) is 6. The summed E-state index contributed by atoms with van der Waals surface area (Å²) in [7, 11) is -3.23. The quantitative estimate of drug-likeness (QED) is 0.408. The Balaban J connectivity index is 1.44. The molecule has 0 spiro atoms. The third kappa shape index (κ3) is 4.49. The van der Waals surface area contributed by atoms with E-state index in [1.807, 2.05) is 25.1 Å². The first-order valence-electron chi connectivity index (χ1n) is 10.7. The molecule has 0 bridgehead atoms. The molecule has 178 valence electrons. The minimum atomic E-state index is -3.23. The maximum Gasteiger partial charge on any atom is 0.247 e. The predicted octanol–water partition coefficient (Wildman–Crippen LogP) is 2.60. The molecule has 34 heavy (non-hydrogen) atoms. The second kappa shape index (κ2) is 8.95. The summed E-state index contributed by atoms with van der Waals surface area (Å²) in [6.07, 6.45) is 4.25. The van der Waals surface area contributed by atoms with Gasteiger partial charge in [-0.2, -0.15) is 4.31 Å². The molecule has 0 aliphatic carbocycles. The number of hydroxylamine groups is 2. The van der Waals surface area contributed by atoms with Crippen LogP contribution in [0.5, 0.6) is 5.88 Å². The molecule has 2 N–H and O–H groups in total. The molecule has 13 heteroatoms. The van der Waals surface area contributed by atoms with E-state index < -0.39 is 10.0 Å². The van der Waals surface area contributed by atoms with Crippen LogP contribution in [0.25, 0.3) is 21.9 Å². The number of pyridine rings is 1. The molecule has 5 rings (SSSR count). The van der Waals surface area contributed by atoms with Crippen molar-refractivity contribution in [2.75, 3.05) is 37.8 Å². The summed E-state index contributed by atoms with van der Waals surface area (Å²) in [5.41, 5.74) is 2.00. The largest absolute Gasteiger partial charge is 0.385 e. The lowest BCUT2D eigenvalue weighted by Gasteiger charge is -2.32. The fourth-order valence-electron chi connectivity index (χ4n) is 3.90. The fourth-order valence-corrected chi connectivity index (χ4v) is 4.99. The van der Waals surface area contributed by atoms with Crippen LogP contribution in [0.1, 0.15) is 18.7 Å². The predicted molar refractivity (Wildman–Crippen MR) is 129 cm³/mol. The van der Waals surface area contributed by atoms with Crippen molar-refractivity contribution in [1.29, 1.82) is 0 Å². The second-order valence-electron chi connectivity index (χ2n) is 8.06. The molecule has 1 aliphatic heterocycles. The van der Waals surface area contributed by atoms with E-state index in [4.69, 9.17) is 21.4 Å². The van der Waals surface area contributed by atoms with Gasteiger partial charge in [0.2, 0.25) is 15.9 Å². The molecular weight excluding hydrogens is 480 g/mol. The van der Waals surface area contributed by atoms with Crippen LogP contribution in [0, 0.1) is 0 Å². The van der Waals surface area contributed by atoms with Gasteiger partial charge in [0.25, 0.3) is 0 Å². The van der Waals surface area contributed by atoms with Gasteiger partial charge < -0.3 is 15.1 Å². The minimum Gasteiger partial charge on any atom is -0.385 e. The van der Waals surface area contributed by atoms with Gasteiger partial charge in [-0.05, 0) is 24.4 Å². The standard InChI is InChI=1S/C21H23ClN8O3S/c1-13(27-20-18-19(24-11-23-18)25-12-26-20)16-10-14-4-3-5-15(22)17(14)21(28-16)33-29-6-8-30(9-7-29)34(2,31)32/h3-5,10-13H,6-9H2,1-2H3,(H2,23,24,25,26,27). The summed E-state index contributed by atoms with van der Waals surface area (Å²) in [6.45, 7) is 3.48. The summed E-state index contributed by atoms with van der Waals surface area (Å²) >= 11 is 6.51. The molecule has 4 heterocycles. The number of fused-ring (bicyclic) bond motifs is 2. The Bertz CT molecular complexity index is 1450. The molecule has 1 atom stereocenters. The van der Waals surface area contributed by atoms with E-state index in [9.17, 15) is 8.42 Å². The average molecular weight is 503 g/mol. The van der Waals surface area contributed by atoms with Crippen LogP contribution in [0.3, 0.4) is 0 Å². The minimum absolute atomic E-state index is 0.234. The van der Waals surface area contributed by atoms with E-state index in [1.165, 1.54) is 16.9 Å². The fraction of sp³-hybridized carbons (Fsp3) is 0.333. The average Bonchev–Trinajstić information content (AvgIpc) is 3.29. The Kier molecular flexibility index (Phi) is 5.98. The molecule has 1 aliphatic rings. The lowest BCUT2D eigenvalue weighted by Crippen LogP contribution is -2.49. The number of rotatable bonds is 6. The zero-order chi connectivity index (χ0) is 23.9. The van der Waals surface area contributed by atoms with Crippen molar-refractivity contribution in [3.63, 3.8) is 0 Å². The third-order valence-electron chi connectivity index (χ3n) is 5.69. The van der Waals surface area contributed by atoms with Gasteiger partial charge in [0.15, 0.2) is 11.5 Å². The number of halogens is 1. The lowest BCUT2D eigenvalue weighted by atomic mass is 10.1. The molecule has 0 amide bonds. The number of hydrogen-bond donors (Lipinski definition) is 2. The smallest absolute Gasteiger partial charge is 0.247 e. The lowest BCUT2D eigenvalue weighted by molar-refractivity contribution is -0.0799. The first-order chi connectivity index (χ1) is 16.3. The van der Waals surface area contributed by atoms with Crippen LogP contribution in [-0.2, 0) is 10.0 Å². The van der Waals surface area contributed by atoms with Crippen LogP contribution in [-0.4, -0.2) is 75.1 Å². The number of anilines is 1. The van der Waals surface area contributed by atoms with Gasteiger partial charge in [0, 0.05) is 26.2 Å². The molecule has 4 aromatic rings.